The van der Waals surface area contributed by atoms with Crippen LogP contribution in [0.5, 0.6) is 11.6 Å². The predicted molar refractivity (Wildman–Crippen MR) is 79.9 cm³/mol. The van der Waals surface area contributed by atoms with E-state index in [4.69, 9.17) is 10.5 Å². The molecule has 2 N–H and O–H groups in total. The molecule has 0 saturated carbocycles. The average molecular weight is 265 g/mol. The maximum Gasteiger partial charge on any atom is 0.230 e. The second kappa shape index (κ2) is 4.81. The van der Waals surface area contributed by atoms with Gasteiger partial charge in [0.1, 0.15) is 12.1 Å². The van der Waals surface area contributed by atoms with Crippen molar-refractivity contribution in [2.45, 2.75) is 13.8 Å². The molecule has 0 aliphatic carbocycles. The Morgan fingerprint density at radius 3 is 2.75 bits per heavy atom. The van der Waals surface area contributed by atoms with Gasteiger partial charge in [0.25, 0.3) is 0 Å². The molecule has 4 nitrogen and oxygen atoms in total. The average Bonchev–Trinajstić information content (AvgIpc) is 2.44. The Balaban J connectivity index is 2.09. The third-order valence-corrected chi connectivity index (χ3v) is 3.39. The van der Waals surface area contributed by atoms with Gasteiger partial charge in [-0.1, -0.05) is 12.1 Å². The minimum atomic E-state index is 0.545. The molecule has 0 aliphatic heterocycles. The summed E-state index contributed by atoms with van der Waals surface area (Å²) in [7, 11) is 0. The molecule has 0 atom stereocenters. The monoisotopic (exact) mass is 265 g/mol. The van der Waals surface area contributed by atoms with Gasteiger partial charge in [0.15, 0.2) is 0 Å². The zero-order valence-corrected chi connectivity index (χ0v) is 11.4. The predicted octanol–water partition coefficient (Wildman–Crippen LogP) is 3.62. The van der Waals surface area contributed by atoms with Crippen LogP contribution >= 0.6 is 0 Å². The van der Waals surface area contributed by atoms with Crippen molar-refractivity contribution in [3.63, 3.8) is 0 Å². The molecule has 0 saturated heterocycles. The Morgan fingerprint density at radius 1 is 1.05 bits per heavy atom. The first kappa shape index (κ1) is 12.4. The third kappa shape index (κ3) is 2.16. The van der Waals surface area contributed by atoms with E-state index in [1.54, 1.807) is 0 Å². The quantitative estimate of drug-likeness (QED) is 0.719. The van der Waals surface area contributed by atoms with Crippen LogP contribution in [0.2, 0.25) is 0 Å². The number of nitrogen functional groups attached to an aromatic ring is 1. The summed E-state index contributed by atoms with van der Waals surface area (Å²) in [5.74, 6) is 1.35. The number of fused-ring (bicyclic) bond motifs is 1. The number of hydrogen-bond donors (Lipinski definition) is 1. The van der Waals surface area contributed by atoms with Gasteiger partial charge in [-0.25, -0.2) is 9.97 Å². The molecule has 0 spiro atoms. The van der Waals surface area contributed by atoms with Crippen LogP contribution in [-0.4, -0.2) is 9.97 Å². The van der Waals surface area contributed by atoms with Gasteiger partial charge in [-0.2, -0.15) is 0 Å². The molecule has 3 aromatic rings. The molecule has 1 aromatic heterocycles. The molecular weight excluding hydrogens is 250 g/mol. The van der Waals surface area contributed by atoms with Crippen LogP contribution in [0.15, 0.2) is 42.7 Å². The molecule has 0 bridgehead atoms. The van der Waals surface area contributed by atoms with Crippen LogP contribution < -0.4 is 10.5 Å². The van der Waals surface area contributed by atoms with Gasteiger partial charge < -0.3 is 10.5 Å². The zero-order chi connectivity index (χ0) is 14.1. The molecule has 2 aromatic carbocycles. The van der Waals surface area contributed by atoms with E-state index >= 15 is 0 Å². The molecule has 20 heavy (non-hydrogen) atoms. The van der Waals surface area contributed by atoms with Gasteiger partial charge in [0, 0.05) is 5.69 Å². The molecule has 0 amide bonds. The van der Waals surface area contributed by atoms with Crippen molar-refractivity contribution in [3.05, 3.63) is 53.9 Å². The van der Waals surface area contributed by atoms with Gasteiger partial charge >= 0.3 is 0 Å². The van der Waals surface area contributed by atoms with Crippen molar-refractivity contribution in [1.29, 1.82) is 0 Å². The lowest BCUT2D eigenvalue weighted by Crippen LogP contribution is -1.95. The molecule has 0 unspecified atom stereocenters. The standard InChI is InChI=1S/C16H15N3O/c1-10-4-3-5-15(11(10)2)20-16-13-7-6-12(17)8-14(13)18-9-19-16/h3-9H,17H2,1-2H3. The fraction of sp³-hybridized carbons (Fsp3) is 0.125. The Kier molecular flexibility index (Phi) is 2.99. The van der Waals surface area contributed by atoms with Crippen molar-refractivity contribution in [2.24, 2.45) is 0 Å². The summed E-state index contributed by atoms with van der Waals surface area (Å²) in [6, 6.07) is 11.5. The molecule has 100 valence electrons. The van der Waals surface area contributed by atoms with Crippen LogP contribution in [0.1, 0.15) is 11.1 Å². The molecule has 0 aliphatic rings. The normalized spacial score (nSPS) is 10.7. The SMILES string of the molecule is Cc1cccc(Oc2ncnc3cc(N)ccc23)c1C. The highest BCUT2D eigenvalue weighted by Gasteiger charge is 2.08. The van der Waals surface area contributed by atoms with Gasteiger partial charge in [-0.05, 0) is 49.2 Å². The van der Waals surface area contributed by atoms with Crippen molar-refractivity contribution < 1.29 is 4.74 Å². The number of rotatable bonds is 2. The van der Waals surface area contributed by atoms with E-state index < -0.39 is 0 Å². The summed E-state index contributed by atoms with van der Waals surface area (Å²) in [4.78, 5) is 8.44. The van der Waals surface area contributed by atoms with E-state index in [0.717, 1.165) is 22.2 Å². The Hall–Kier alpha value is -2.62. The highest BCUT2D eigenvalue weighted by atomic mass is 16.5. The molecule has 1 heterocycles. The van der Waals surface area contributed by atoms with E-state index in [-0.39, 0.29) is 0 Å². The fourth-order valence-electron chi connectivity index (χ4n) is 2.07. The maximum atomic E-state index is 5.95. The van der Waals surface area contributed by atoms with Crippen LogP contribution in [0.3, 0.4) is 0 Å². The van der Waals surface area contributed by atoms with Crippen molar-refractivity contribution in [3.8, 4) is 11.6 Å². The summed E-state index contributed by atoms with van der Waals surface area (Å²) in [6.45, 7) is 4.09. The number of ether oxygens (including phenoxy) is 1. The number of nitrogens with two attached hydrogens (primary N) is 1. The van der Waals surface area contributed by atoms with E-state index in [1.165, 1.54) is 11.9 Å². The lowest BCUT2D eigenvalue weighted by atomic mass is 10.1. The number of aryl methyl sites for hydroxylation is 1. The van der Waals surface area contributed by atoms with Crippen molar-refractivity contribution in [2.75, 3.05) is 5.73 Å². The first-order valence-electron chi connectivity index (χ1n) is 6.39. The van der Waals surface area contributed by atoms with E-state index in [0.29, 0.717) is 11.6 Å². The summed E-state index contributed by atoms with van der Waals surface area (Å²) in [5.41, 5.74) is 9.51. The third-order valence-electron chi connectivity index (χ3n) is 3.39. The van der Waals surface area contributed by atoms with Gasteiger partial charge in [0.2, 0.25) is 5.88 Å². The number of aromatic nitrogens is 2. The Labute approximate surface area is 117 Å². The van der Waals surface area contributed by atoms with Gasteiger partial charge in [-0.3, -0.25) is 0 Å². The largest absolute Gasteiger partial charge is 0.438 e. The highest BCUT2D eigenvalue weighted by Crippen LogP contribution is 2.30. The van der Waals surface area contributed by atoms with E-state index in [2.05, 4.69) is 23.0 Å². The fourth-order valence-corrected chi connectivity index (χ4v) is 2.07. The molecule has 0 fully saturated rings. The molecular formula is C16H15N3O. The molecule has 3 rings (SSSR count). The van der Waals surface area contributed by atoms with Crippen LogP contribution in [-0.2, 0) is 0 Å². The van der Waals surface area contributed by atoms with Gasteiger partial charge in [-0.15, -0.1) is 0 Å². The zero-order valence-electron chi connectivity index (χ0n) is 11.4. The molecule has 4 heteroatoms. The summed E-state index contributed by atoms with van der Waals surface area (Å²) < 4.78 is 5.95. The maximum absolute atomic E-state index is 5.95. The first-order valence-corrected chi connectivity index (χ1v) is 6.39. The minimum Gasteiger partial charge on any atom is -0.438 e. The number of benzene rings is 2. The minimum absolute atomic E-state index is 0.545. The Bertz CT molecular complexity index is 784. The number of nitrogens with zero attached hydrogens (tertiary/aromatic N) is 2. The van der Waals surface area contributed by atoms with Crippen molar-refractivity contribution >= 4 is 16.6 Å². The number of anilines is 1. The second-order valence-corrected chi connectivity index (χ2v) is 4.76. The van der Waals surface area contributed by atoms with Crippen LogP contribution in [0.25, 0.3) is 10.9 Å². The van der Waals surface area contributed by atoms with E-state index in [9.17, 15) is 0 Å². The van der Waals surface area contributed by atoms with Crippen LogP contribution in [0.4, 0.5) is 5.69 Å². The van der Waals surface area contributed by atoms with E-state index in [1.807, 2.05) is 37.3 Å². The Morgan fingerprint density at radius 2 is 1.90 bits per heavy atom. The lowest BCUT2D eigenvalue weighted by molar-refractivity contribution is 0.464. The highest BCUT2D eigenvalue weighted by molar-refractivity contribution is 5.86. The smallest absolute Gasteiger partial charge is 0.230 e. The lowest BCUT2D eigenvalue weighted by Gasteiger charge is -2.11. The first-order chi connectivity index (χ1) is 9.65. The summed E-state index contributed by atoms with van der Waals surface area (Å²) in [6.07, 6.45) is 1.49. The number of hydrogen-bond acceptors (Lipinski definition) is 4. The summed E-state index contributed by atoms with van der Waals surface area (Å²) in [5, 5.41) is 0.850. The topological polar surface area (TPSA) is 61.0 Å². The van der Waals surface area contributed by atoms with Gasteiger partial charge in [0.05, 0.1) is 10.9 Å². The van der Waals surface area contributed by atoms with Crippen molar-refractivity contribution in [1.82, 2.24) is 9.97 Å². The molecule has 0 radical (unpaired) electrons. The van der Waals surface area contributed by atoms with Crippen LogP contribution in [0, 0.1) is 13.8 Å². The summed E-state index contributed by atoms with van der Waals surface area (Å²) >= 11 is 0. The second-order valence-electron chi connectivity index (χ2n) is 4.76.